The van der Waals surface area contributed by atoms with Crippen LogP contribution in [-0.4, -0.2) is 77.0 Å². The number of carbonyl (C=O) groups excluding carboxylic acids is 2. The maximum Gasteiger partial charge on any atom is 0.236 e. The summed E-state index contributed by atoms with van der Waals surface area (Å²) < 4.78 is 7.05. The molecule has 0 N–H and O–H groups in total. The molecule has 0 aliphatic carbocycles. The summed E-state index contributed by atoms with van der Waals surface area (Å²) in [7, 11) is 1.82. The van der Waals surface area contributed by atoms with E-state index >= 15 is 0 Å². The van der Waals surface area contributed by atoms with Crippen LogP contribution in [-0.2, 0) is 16.6 Å². The molecule has 2 fully saturated rings. The number of nitrogens with zero attached hydrogens (tertiary/aromatic N) is 4. The van der Waals surface area contributed by atoms with Gasteiger partial charge in [-0.2, -0.15) is 0 Å². The van der Waals surface area contributed by atoms with Gasteiger partial charge in [0.15, 0.2) is 5.82 Å². The normalized spacial score (nSPS) is 23.0. The summed E-state index contributed by atoms with van der Waals surface area (Å²) in [6.07, 6.45) is 5.11. The Kier molecular flexibility index (Phi) is 5.07. The van der Waals surface area contributed by atoms with Gasteiger partial charge in [-0.15, -0.1) is 0 Å². The Balaban J connectivity index is 1.58. The topological polar surface area (TPSA) is 67.7 Å². The van der Waals surface area contributed by atoms with Crippen LogP contribution in [0.2, 0.25) is 0 Å². The van der Waals surface area contributed by atoms with Crippen molar-refractivity contribution in [3.63, 3.8) is 0 Å². The molecule has 2 saturated heterocycles. The van der Waals surface area contributed by atoms with Crippen LogP contribution in [0.1, 0.15) is 23.5 Å². The lowest BCUT2D eigenvalue weighted by Crippen LogP contribution is -2.48. The Labute approximate surface area is 136 Å². The fraction of sp³-hybridized carbons (Fsp3) is 0.688. The molecule has 1 aromatic heterocycles. The van der Waals surface area contributed by atoms with E-state index in [1.165, 1.54) is 0 Å². The predicted octanol–water partition coefficient (Wildman–Crippen LogP) is 0.174. The first-order chi connectivity index (χ1) is 11.1. The number of likely N-dealkylation sites (tertiary alicyclic amines) is 1. The lowest BCUT2D eigenvalue weighted by molar-refractivity contribution is -0.134. The predicted molar refractivity (Wildman–Crippen MR) is 84.1 cm³/mol. The van der Waals surface area contributed by atoms with Crippen LogP contribution in [0.25, 0.3) is 0 Å². The molecule has 2 aliphatic heterocycles. The zero-order valence-electron chi connectivity index (χ0n) is 13.6. The standard InChI is InChI=1S/C16H24N4O3/c1-18-6-4-17-16(18)15(22)13-3-2-5-20(11-13)14(21)12-19-7-9-23-10-8-19/h4,6,13H,2-3,5,7-12H2,1H3/t13-/m1/s1. The maximum atomic E-state index is 12.6. The van der Waals surface area contributed by atoms with Crippen LogP contribution in [0.3, 0.4) is 0 Å². The van der Waals surface area contributed by atoms with Crippen molar-refractivity contribution in [2.24, 2.45) is 13.0 Å². The van der Waals surface area contributed by atoms with Gasteiger partial charge >= 0.3 is 0 Å². The molecule has 0 aromatic carbocycles. The third-order valence-corrected chi connectivity index (χ3v) is 4.65. The molecule has 0 saturated carbocycles. The maximum absolute atomic E-state index is 12.6. The van der Waals surface area contributed by atoms with Gasteiger partial charge in [-0.05, 0) is 12.8 Å². The minimum atomic E-state index is -0.140. The van der Waals surface area contributed by atoms with E-state index in [0.717, 1.165) is 32.5 Å². The molecule has 1 amide bonds. The molecule has 2 aliphatic rings. The number of hydrogen-bond donors (Lipinski definition) is 0. The van der Waals surface area contributed by atoms with E-state index in [1.54, 1.807) is 17.0 Å². The molecule has 0 spiro atoms. The van der Waals surface area contributed by atoms with Crippen molar-refractivity contribution >= 4 is 11.7 Å². The Bertz CT molecular complexity index is 565. The smallest absolute Gasteiger partial charge is 0.236 e. The quantitative estimate of drug-likeness (QED) is 0.740. The number of ether oxygens (including phenoxy) is 1. The fourth-order valence-corrected chi connectivity index (χ4v) is 3.25. The van der Waals surface area contributed by atoms with Gasteiger partial charge in [0.1, 0.15) is 0 Å². The molecular formula is C16H24N4O3. The Morgan fingerprint density at radius 2 is 2.09 bits per heavy atom. The number of rotatable bonds is 4. The summed E-state index contributed by atoms with van der Waals surface area (Å²) in [5.74, 6) is 0.501. The molecule has 0 radical (unpaired) electrons. The highest BCUT2D eigenvalue weighted by atomic mass is 16.5. The van der Waals surface area contributed by atoms with Crippen molar-refractivity contribution in [2.75, 3.05) is 45.9 Å². The number of imidazole rings is 1. The third-order valence-electron chi connectivity index (χ3n) is 4.65. The van der Waals surface area contributed by atoms with Crippen molar-refractivity contribution in [1.82, 2.24) is 19.4 Å². The van der Waals surface area contributed by atoms with Crippen LogP contribution in [0, 0.1) is 5.92 Å². The SMILES string of the molecule is Cn1ccnc1C(=O)[C@@H]1CCCN(C(=O)CN2CCOCC2)C1. The molecular weight excluding hydrogens is 296 g/mol. The second-order valence-electron chi connectivity index (χ2n) is 6.29. The minimum absolute atomic E-state index is 0.0429. The van der Waals surface area contributed by atoms with E-state index in [4.69, 9.17) is 4.74 Å². The second kappa shape index (κ2) is 7.23. The van der Waals surface area contributed by atoms with Crippen LogP contribution in [0.4, 0.5) is 0 Å². The third kappa shape index (κ3) is 3.79. The number of Topliss-reactive ketones (excluding diaryl/α,β-unsaturated/α-hetero) is 1. The number of piperidine rings is 1. The first-order valence-corrected chi connectivity index (χ1v) is 8.24. The molecule has 23 heavy (non-hydrogen) atoms. The highest BCUT2D eigenvalue weighted by Crippen LogP contribution is 2.20. The van der Waals surface area contributed by atoms with Crippen LogP contribution >= 0.6 is 0 Å². The highest BCUT2D eigenvalue weighted by Gasteiger charge is 2.31. The van der Waals surface area contributed by atoms with Gasteiger partial charge in [0, 0.05) is 51.5 Å². The van der Waals surface area contributed by atoms with Crippen LogP contribution < -0.4 is 0 Å². The molecule has 1 aromatic rings. The van der Waals surface area contributed by atoms with Crippen LogP contribution in [0.5, 0.6) is 0 Å². The monoisotopic (exact) mass is 320 g/mol. The number of aryl methyl sites for hydroxylation is 1. The Hall–Kier alpha value is -1.73. The zero-order chi connectivity index (χ0) is 16.2. The van der Waals surface area contributed by atoms with Crippen LogP contribution in [0.15, 0.2) is 12.4 Å². The van der Waals surface area contributed by atoms with E-state index in [2.05, 4.69) is 9.88 Å². The summed E-state index contributed by atoms with van der Waals surface area (Å²) in [5.41, 5.74) is 0. The molecule has 7 nitrogen and oxygen atoms in total. The van der Waals surface area contributed by atoms with Gasteiger partial charge in [0.05, 0.1) is 19.8 Å². The number of aromatic nitrogens is 2. The molecule has 1 atom stereocenters. The van der Waals surface area contributed by atoms with E-state index < -0.39 is 0 Å². The van der Waals surface area contributed by atoms with Crippen molar-refractivity contribution in [2.45, 2.75) is 12.8 Å². The van der Waals surface area contributed by atoms with E-state index in [9.17, 15) is 9.59 Å². The largest absolute Gasteiger partial charge is 0.379 e. The first kappa shape index (κ1) is 16.1. The molecule has 126 valence electrons. The number of hydrogen-bond acceptors (Lipinski definition) is 5. The minimum Gasteiger partial charge on any atom is -0.379 e. The van der Waals surface area contributed by atoms with Crippen molar-refractivity contribution in [3.8, 4) is 0 Å². The number of amides is 1. The molecule has 0 bridgehead atoms. The highest BCUT2D eigenvalue weighted by molar-refractivity contribution is 5.95. The Morgan fingerprint density at radius 3 is 2.78 bits per heavy atom. The van der Waals surface area contributed by atoms with Gasteiger partial charge in [-0.3, -0.25) is 14.5 Å². The van der Waals surface area contributed by atoms with Crippen molar-refractivity contribution < 1.29 is 14.3 Å². The van der Waals surface area contributed by atoms with E-state index in [1.807, 2.05) is 11.9 Å². The average Bonchev–Trinajstić information content (AvgIpc) is 3.01. The first-order valence-electron chi connectivity index (χ1n) is 8.24. The summed E-state index contributed by atoms with van der Waals surface area (Å²) in [6.45, 7) is 4.65. The van der Waals surface area contributed by atoms with Crippen molar-refractivity contribution in [1.29, 1.82) is 0 Å². The van der Waals surface area contributed by atoms with Crippen molar-refractivity contribution in [3.05, 3.63) is 18.2 Å². The van der Waals surface area contributed by atoms with Gasteiger partial charge in [-0.25, -0.2) is 4.98 Å². The molecule has 3 rings (SSSR count). The average molecular weight is 320 g/mol. The molecule has 3 heterocycles. The summed E-state index contributed by atoms with van der Waals surface area (Å²) >= 11 is 0. The van der Waals surface area contributed by atoms with E-state index in [-0.39, 0.29) is 17.6 Å². The lowest BCUT2D eigenvalue weighted by atomic mass is 9.93. The fourth-order valence-electron chi connectivity index (χ4n) is 3.25. The zero-order valence-corrected chi connectivity index (χ0v) is 13.6. The van der Waals surface area contributed by atoms with Gasteiger partial charge in [-0.1, -0.05) is 0 Å². The Morgan fingerprint density at radius 1 is 1.30 bits per heavy atom. The van der Waals surface area contributed by atoms with Gasteiger partial charge in [0.25, 0.3) is 0 Å². The second-order valence-corrected chi connectivity index (χ2v) is 6.29. The van der Waals surface area contributed by atoms with Gasteiger partial charge < -0.3 is 14.2 Å². The number of ketones is 1. The summed E-state index contributed by atoms with van der Waals surface area (Å²) in [5, 5.41) is 0. The number of carbonyl (C=O) groups is 2. The number of morpholine rings is 1. The lowest BCUT2D eigenvalue weighted by Gasteiger charge is -2.34. The summed E-state index contributed by atoms with van der Waals surface area (Å²) in [6, 6.07) is 0. The molecule has 0 unspecified atom stereocenters. The van der Waals surface area contributed by atoms with E-state index in [0.29, 0.717) is 32.1 Å². The molecule has 7 heteroatoms. The summed E-state index contributed by atoms with van der Waals surface area (Å²) in [4.78, 5) is 33.2. The van der Waals surface area contributed by atoms with Gasteiger partial charge in [0.2, 0.25) is 11.7 Å².